The number of rotatable bonds is 8. The maximum absolute atomic E-state index is 12.6. The quantitative estimate of drug-likeness (QED) is 0.333. The van der Waals surface area contributed by atoms with E-state index in [1.165, 1.54) is 18.2 Å². The van der Waals surface area contributed by atoms with Crippen LogP contribution in [0.1, 0.15) is 5.56 Å². The van der Waals surface area contributed by atoms with Gasteiger partial charge in [-0.25, -0.2) is 0 Å². The van der Waals surface area contributed by atoms with Gasteiger partial charge in [-0.15, -0.1) is 0 Å². The number of thiocarbonyl (C=S) groups is 2. The van der Waals surface area contributed by atoms with E-state index in [-0.39, 0.29) is 0 Å². The zero-order valence-electron chi connectivity index (χ0n) is 13.9. The Hall–Kier alpha value is -2.46. The molecule has 0 aliphatic heterocycles. The summed E-state index contributed by atoms with van der Waals surface area (Å²) in [5.74, 6) is -0.916. The summed E-state index contributed by atoms with van der Waals surface area (Å²) in [5, 5.41) is 7.67. The minimum atomic E-state index is -4.59. The Kier molecular flexibility index (Phi) is 7.53. The zero-order valence-corrected chi connectivity index (χ0v) is 17.2. The number of allylic oxidation sites excluding steroid dienone is 4. The number of isothiocyanates is 2. The van der Waals surface area contributed by atoms with Crippen molar-refractivity contribution in [1.29, 1.82) is 0 Å². The molecule has 0 spiro atoms. The average Bonchev–Trinajstić information content (AvgIpc) is 2.69. The third kappa shape index (κ3) is 5.52. The zero-order chi connectivity index (χ0) is 20.6. The van der Waals surface area contributed by atoms with Crippen molar-refractivity contribution in [3.05, 3.63) is 65.1 Å². The van der Waals surface area contributed by atoms with Crippen LogP contribution in [0.4, 0.5) is 0 Å². The summed E-state index contributed by atoms with van der Waals surface area (Å²) >= 11 is 8.57. The molecule has 12 heteroatoms. The molecule has 0 saturated carbocycles. The monoisotopic (exact) mass is 456 g/mol. The van der Waals surface area contributed by atoms with Gasteiger partial charge in [-0.05, 0) is 46.4 Å². The number of benzene rings is 1. The van der Waals surface area contributed by atoms with Crippen molar-refractivity contribution in [2.45, 2.75) is 5.25 Å². The number of nitrogens with zero attached hydrogens (tertiary/aromatic N) is 2. The first-order chi connectivity index (χ1) is 13.3. The van der Waals surface area contributed by atoms with Crippen LogP contribution in [0.25, 0.3) is 6.08 Å². The molecule has 0 radical (unpaired) electrons. The van der Waals surface area contributed by atoms with Crippen molar-refractivity contribution >= 4 is 61.1 Å². The molecule has 0 amide bonds. The minimum Gasteiger partial charge on any atom is -0.258 e. The maximum atomic E-state index is 12.6. The van der Waals surface area contributed by atoms with Gasteiger partial charge in [-0.2, -0.15) is 16.8 Å². The molecular formula is C16H12N2O6S4. The van der Waals surface area contributed by atoms with Gasteiger partial charge in [0.15, 0.2) is 0 Å². The molecule has 1 aliphatic rings. The normalized spacial score (nSPS) is 19.2. The summed E-state index contributed by atoms with van der Waals surface area (Å²) in [5.41, 5.74) is 0.783. The third-order valence-electron chi connectivity index (χ3n) is 3.49. The summed E-state index contributed by atoms with van der Waals surface area (Å²) in [4.78, 5) is -0.605. The molecule has 2 atom stereocenters. The van der Waals surface area contributed by atoms with Crippen LogP contribution >= 0.6 is 24.4 Å². The summed E-state index contributed by atoms with van der Waals surface area (Å²) in [6.07, 6.45) is 7.10. The van der Waals surface area contributed by atoms with Crippen molar-refractivity contribution in [3.8, 4) is 0 Å². The SMILES string of the molecule is O=S(=O)(ON=C=S)C1=CC=CC(C=Cc2ccccc2)C1S(=O)(=O)ON=C=S. The predicted octanol–water partition coefficient (Wildman–Crippen LogP) is 2.87. The lowest BCUT2D eigenvalue weighted by molar-refractivity contribution is 0.329. The van der Waals surface area contributed by atoms with Gasteiger partial charge in [0.1, 0.15) is 20.5 Å². The summed E-state index contributed by atoms with van der Waals surface area (Å²) in [7, 11) is -9.16. The molecule has 0 N–H and O–H groups in total. The van der Waals surface area contributed by atoms with E-state index in [1.807, 2.05) is 6.07 Å². The molecule has 28 heavy (non-hydrogen) atoms. The van der Waals surface area contributed by atoms with Crippen LogP contribution in [0.2, 0.25) is 0 Å². The highest BCUT2D eigenvalue weighted by Gasteiger charge is 2.44. The second-order valence-corrected chi connectivity index (χ2v) is 8.72. The van der Waals surface area contributed by atoms with Crippen molar-refractivity contribution in [1.82, 2.24) is 0 Å². The van der Waals surface area contributed by atoms with E-state index >= 15 is 0 Å². The van der Waals surface area contributed by atoms with Crippen molar-refractivity contribution in [3.63, 3.8) is 0 Å². The molecule has 1 aromatic rings. The minimum absolute atomic E-state index is 0.605. The first kappa shape index (κ1) is 21.8. The topological polar surface area (TPSA) is 111 Å². The molecule has 8 nitrogen and oxygen atoms in total. The molecule has 1 aliphatic carbocycles. The van der Waals surface area contributed by atoms with Gasteiger partial charge in [0.2, 0.25) is 0 Å². The van der Waals surface area contributed by atoms with E-state index in [0.29, 0.717) is 0 Å². The fourth-order valence-electron chi connectivity index (χ4n) is 2.40. The lowest BCUT2D eigenvalue weighted by Crippen LogP contribution is -2.35. The highest BCUT2D eigenvalue weighted by Crippen LogP contribution is 2.33. The largest absolute Gasteiger partial charge is 0.356 e. The molecule has 0 saturated heterocycles. The van der Waals surface area contributed by atoms with E-state index in [2.05, 4.69) is 43.3 Å². The van der Waals surface area contributed by atoms with E-state index in [0.717, 1.165) is 11.6 Å². The predicted molar refractivity (Wildman–Crippen MR) is 110 cm³/mol. The Morgan fingerprint density at radius 2 is 1.64 bits per heavy atom. The lowest BCUT2D eigenvalue weighted by atomic mass is 9.98. The van der Waals surface area contributed by atoms with E-state index in [9.17, 15) is 16.8 Å². The molecule has 2 rings (SSSR count). The van der Waals surface area contributed by atoms with E-state index in [4.69, 9.17) is 0 Å². The van der Waals surface area contributed by atoms with E-state index < -0.39 is 36.3 Å². The molecular weight excluding hydrogens is 444 g/mol. The first-order valence-corrected chi connectivity index (χ1v) is 11.1. The van der Waals surface area contributed by atoms with Gasteiger partial charge in [-0.1, -0.05) is 54.6 Å². The second kappa shape index (κ2) is 9.65. The average molecular weight is 457 g/mol. The van der Waals surface area contributed by atoms with Crippen molar-refractivity contribution < 1.29 is 25.4 Å². The van der Waals surface area contributed by atoms with Crippen molar-refractivity contribution in [2.75, 3.05) is 0 Å². The fourth-order valence-corrected chi connectivity index (χ4v) is 5.34. The Balaban J connectivity index is 2.51. The molecule has 0 fully saturated rings. The first-order valence-electron chi connectivity index (χ1n) is 7.44. The van der Waals surface area contributed by atoms with Gasteiger partial charge in [0.05, 0.1) is 0 Å². The lowest BCUT2D eigenvalue weighted by Gasteiger charge is -2.24. The fraction of sp³-hybridized carbons (Fsp3) is 0.125. The summed E-state index contributed by atoms with van der Waals surface area (Å²) in [6, 6.07) is 9.02. The van der Waals surface area contributed by atoms with Crippen LogP contribution in [0, 0.1) is 5.92 Å². The third-order valence-corrected chi connectivity index (χ3v) is 6.49. The van der Waals surface area contributed by atoms with Crippen LogP contribution in [-0.4, -0.2) is 32.4 Å². The van der Waals surface area contributed by atoms with Gasteiger partial charge < -0.3 is 0 Å². The van der Waals surface area contributed by atoms with Crippen molar-refractivity contribution in [2.24, 2.45) is 16.2 Å². The van der Waals surface area contributed by atoms with Gasteiger partial charge >= 0.3 is 20.2 Å². The molecule has 0 heterocycles. The summed E-state index contributed by atoms with van der Waals surface area (Å²) < 4.78 is 58.7. The van der Waals surface area contributed by atoms with E-state index in [1.54, 1.807) is 40.7 Å². The molecule has 1 aromatic carbocycles. The molecule has 0 bridgehead atoms. The molecule has 146 valence electrons. The van der Waals surface area contributed by atoms with Crippen LogP contribution in [0.3, 0.4) is 0 Å². The maximum Gasteiger partial charge on any atom is 0.356 e. The molecule has 0 aromatic heterocycles. The second-order valence-electron chi connectivity index (χ2n) is 5.18. The summed E-state index contributed by atoms with van der Waals surface area (Å²) in [6.45, 7) is 0. The highest BCUT2D eigenvalue weighted by molar-refractivity contribution is 7.94. The Bertz CT molecular complexity index is 1110. The Morgan fingerprint density at radius 3 is 2.29 bits per heavy atom. The number of hydrogen-bond acceptors (Lipinski definition) is 10. The molecule has 2 unspecified atom stereocenters. The van der Waals surface area contributed by atoms with Gasteiger partial charge in [0.25, 0.3) is 0 Å². The van der Waals surface area contributed by atoms with Crippen LogP contribution in [0.5, 0.6) is 0 Å². The smallest absolute Gasteiger partial charge is 0.258 e. The van der Waals surface area contributed by atoms with Crippen LogP contribution in [0.15, 0.2) is 69.9 Å². The number of hydrogen-bond donors (Lipinski definition) is 0. The Morgan fingerprint density at radius 1 is 1.00 bits per heavy atom. The van der Waals surface area contributed by atoms with Crippen LogP contribution in [-0.2, 0) is 28.8 Å². The Labute approximate surface area is 172 Å². The highest BCUT2D eigenvalue weighted by atomic mass is 32.2. The van der Waals surface area contributed by atoms with Crippen LogP contribution < -0.4 is 0 Å². The van der Waals surface area contributed by atoms with Gasteiger partial charge in [0, 0.05) is 5.92 Å². The van der Waals surface area contributed by atoms with Gasteiger partial charge in [-0.3, -0.25) is 8.57 Å². The standard InChI is InChI=1S/C16H12N2O6S4/c19-27(20,23-17-11-25)15-8-4-7-14(10-9-13-5-2-1-3-6-13)16(15)28(21,22)24-18-12-26/h1-10,14,16H.